The first-order valence-electron chi connectivity index (χ1n) is 27.8. The van der Waals surface area contributed by atoms with Crippen LogP contribution < -0.4 is 32.7 Å². The second kappa shape index (κ2) is 33.6. The lowest BCUT2D eigenvalue weighted by Gasteiger charge is -2.32. The molecule has 3 saturated heterocycles. The molecule has 1 aromatic rings. The minimum atomic E-state index is -1.49. The lowest BCUT2D eigenvalue weighted by molar-refractivity contribution is -0.144. The number of ether oxygens (including phenoxy) is 2. The molecule has 442 valence electrons. The molecule has 1 aromatic carbocycles. The summed E-state index contributed by atoms with van der Waals surface area (Å²) in [6.45, 7) is 11.1. The molecule has 24 heteroatoms. The summed E-state index contributed by atoms with van der Waals surface area (Å²) in [6.07, 6.45) is 1.06. The Morgan fingerprint density at radius 2 is 1.27 bits per heavy atom. The van der Waals surface area contributed by atoms with Crippen molar-refractivity contribution in [2.45, 2.75) is 148 Å². The van der Waals surface area contributed by atoms with Crippen LogP contribution in [0.5, 0.6) is 5.75 Å². The molecule has 3 aliphatic heterocycles. The fourth-order valence-corrected chi connectivity index (χ4v) is 12.6. The van der Waals surface area contributed by atoms with E-state index in [-0.39, 0.29) is 107 Å². The molecule has 0 aromatic heterocycles. The van der Waals surface area contributed by atoms with Crippen LogP contribution in [0.3, 0.4) is 0 Å². The number of amides is 7. The number of carbonyl (C=O) groups is 10. The van der Waals surface area contributed by atoms with Gasteiger partial charge in [0.1, 0.15) is 42.6 Å². The van der Waals surface area contributed by atoms with Crippen LogP contribution >= 0.6 is 21.6 Å². The summed E-state index contributed by atoms with van der Waals surface area (Å²) in [5, 5.41) is 31.8. The van der Waals surface area contributed by atoms with Crippen molar-refractivity contribution in [1.82, 2.24) is 31.1 Å². The Kier molecular flexibility index (Phi) is 28.2. The van der Waals surface area contributed by atoms with Gasteiger partial charge in [-0.15, -0.1) is 0 Å². The highest BCUT2D eigenvalue weighted by atomic mass is 33.1. The number of nitrogens with zero attached hydrogens (tertiary/aromatic N) is 2. The molecule has 0 bridgehead atoms. The van der Waals surface area contributed by atoms with Crippen LogP contribution in [0.2, 0.25) is 0 Å². The van der Waals surface area contributed by atoms with Crippen LogP contribution in [0, 0.1) is 35.5 Å². The predicted molar refractivity (Wildman–Crippen MR) is 299 cm³/mol. The quantitative estimate of drug-likeness (QED) is 0.0720. The van der Waals surface area contributed by atoms with Gasteiger partial charge >= 0.3 is 0 Å². The number of phenols is 1. The standard InChI is InChI=1S/C55H86N8O14S2/c1-7-34(6)40-27-48(68)43(28-64)60-53(73)45-10-8-17-62(45)54(74)37(25-39(66)29-77-21-20-76-19-16-56)30-78-79-31-44(49(57)69)61-50(70)36(22-32(2)3)26-47(67)41(23-33(4)5)58-52(72)46-11-9-18-63(46)55(75)42(59-51(40)71)24-35-12-14-38(65)15-13-35/h12-15,32-34,36-37,40-46,64-65H,7-11,16-31,56H2,1-6H3,(H2,57,69)(H,58,72)(H,59,71)(H,60,73)(H,61,70)/t34-,36+,37-,40-,41-,42-,43-,44-,45-,46-/m0/s1. The van der Waals surface area contributed by atoms with Gasteiger partial charge in [0.05, 0.1) is 38.4 Å². The number of hydrogen-bond donors (Lipinski definition) is 8. The van der Waals surface area contributed by atoms with Crippen molar-refractivity contribution < 1.29 is 67.6 Å². The molecule has 0 aliphatic carbocycles. The number of nitrogens with two attached hydrogens (primary N) is 2. The number of carbonyl (C=O) groups excluding carboxylic acids is 10. The topological polar surface area (TPSA) is 336 Å². The fourth-order valence-electron chi connectivity index (χ4n) is 10.1. The van der Waals surface area contributed by atoms with Crippen LogP contribution in [0.4, 0.5) is 0 Å². The Morgan fingerprint density at radius 3 is 1.85 bits per heavy atom. The molecule has 3 heterocycles. The number of aliphatic hydroxyl groups is 1. The molecule has 22 nitrogen and oxygen atoms in total. The summed E-state index contributed by atoms with van der Waals surface area (Å²) < 4.78 is 10.8. The number of ketones is 3. The van der Waals surface area contributed by atoms with E-state index in [4.69, 9.17) is 20.9 Å². The molecule has 10 N–H and O–H groups in total. The molecule has 0 unspecified atom stereocenters. The van der Waals surface area contributed by atoms with E-state index >= 15 is 0 Å². The smallest absolute Gasteiger partial charge is 0.246 e. The van der Waals surface area contributed by atoms with E-state index in [0.29, 0.717) is 38.0 Å². The molecule has 0 spiro atoms. The number of primary amides is 1. The maximum Gasteiger partial charge on any atom is 0.246 e. The number of aromatic hydroxyl groups is 1. The number of Topliss-reactive ketones (excluding diaryl/α,β-unsaturated/α-hetero) is 3. The molecular formula is C55H86N8O14S2. The first kappa shape index (κ1) is 66.4. The van der Waals surface area contributed by atoms with Crippen LogP contribution in [0.15, 0.2) is 24.3 Å². The fraction of sp³-hybridized carbons (Fsp3) is 0.709. The van der Waals surface area contributed by atoms with Crippen LogP contribution in [0.1, 0.15) is 111 Å². The Bertz CT molecular complexity index is 2240. The summed E-state index contributed by atoms with van der Waals surface area (Å²) >= 11 is 0. The highest BCUT2D eigenvalue weighted by Crippen LogP contribution is 2.31. The second-order valence-corrected chi connectivity index (χ2v) is 24.4. The maximum absolute atomic E-state index is 14.8. The monoisotopic (exact) mass is 1150 g/mol. The van der Waals surface area contributed by atoms with E-state index in [1.807, 2.05) is 34.6 Å². The highest BCUT2D eigenvalue weighted by Gasteiger charge is 2.43. The summed E-state index contributed by atoms with van der Waals surface area (Å²) in [5.74, 6) is -9.75. The number of phenolic OH excluding ortho intramolecular Hbond substituents is 1. The molecule has 0 radical (unpaired) electrons. The van der Waals surface area contributed by atoms with Gasteiger partial charge in [-0.25, -0.2) is 0 Å². The van der Waals surface area contributed by atoms with Gasteiger partial charge in [0, 0.05) is 68.7 Å². The summed E-state index contributed by atoms with van der Waals surface area (Å²) in [7, 11) is 2.27. The third-order valence-electron chi connectivity index (χ3n) is 14.6. The SMILES string of the molecule is CC[C@H](C)[C@@H]1CC(=O)[C@H](CO)NC(=O)[C@@H]2CCCN2C(=O)[C@@H](CC(=O)COCCOCCN)CSSC[C@@H](C(N)=O)NC(=O)[C@H](CC(C)C)CC(=O)[C@H](CC(C)C)NC(=O)[C@@H]2CCCN2C(=O)[C@H](Cc2ccc(O)cc2)NC1=O. The zero-order valence-electron chi connectivity index (χ0n) is 46.7. The molecular weight excluding hydrogens is 1060 g/mol. The Morgan fingerprint density at radius 1 is 0.696 bits per heavy atom. The Balaban J connectivity index is 1.75. The lowest BCUT2D eigenvalue weighted by Crippen LogP contribution is -2.57. The van der Waals surface area contributed by atoms with Crippen molar-refractivity contribution in [3.63, 3.8) is 0 Å². The highest BCUT2D eigenvalue weighted by molar-refractivity contribution is 8.76. The number of aliphatic hydroxyl groups excluding tert-OH is 1. The molecule has 10 atom stereocenters. The molecule has 3 fully saturated rings. The normalized spacial score (nSPS) is 26.6. The molecule has 4 rings (SSSR count). The average molecular weight is 1150 g/mol. The van der Waals surface area contributed by atoms with Crippen LogP contribution in [-0.4, -0.2) is 179 Å². The lowest BCUT2D eigenvalue weighted by atomic mass is 9.85. The molecule has 3 aliphatic rings. The number of benzene rings is 1. The zero-order valence-corrected chi connectivity index (χ0v) is 48.4. The van der Waals surface area contributed by atoms with Gasteiger partial charge in [-0.1, -0.05) is 81.7 Å². The van der Waals surface area contributed by atoms with Gasteiger partial charge in [-0.05, 0) is 74.0 Å². The van der Waals surface area contributed by atoms with Gasteiger partial charge in [0.2, 0.25) is 41.4 Å². The van der Waals surface area contributed by atoms with Crippen molar-refractivity contribution in [3.05, 3.63) is 29.8 Å². The number of nitrogens with one attached hydrogen (secondary N) is 4. The minimum Gasteiger partial charge on any atom is -0.508 e. The van der Waals surface area contributed by atoms with Gasteiger partial charge in [0.25, 0.3) is 0 Å². The molecule has 79 heavy (non-hydrogen) atoms. The van der Waals surface area contributed by atoms with Gasteiger partial charge in [0.15, 0.2) is 17.3 Å². The third-order valence-corrected chi connectivity index (χ3v) is 17.1. The van der Waals surface area contributed by atoms with E-state index in [9.17, 15) is 58.2 Å². The number of hydrogen-bond acceptors (Lipinski definition) is 17. The molecule has 7 amide bonds. The first-order chi connectivity index (χ1) is 37.6. The predicted octanol–water partition coefficient (Wildman–Crippen LogP) is 1.58. The van der Waals surface area contributed by atoms with Crippen molar-refractivity contribution in [3.8, 4) is 5.75 Å². The van der Waals surface area contributed by atoms with Crippen LogP contribution in [-0.2, 0) is 63.8 Å². The van der Waals surface area contributed by atoms with E-state index in [1.54, 1.807) is 19.1 Å². The number of fused-ring (bicyclic) bond motifs is 2. The zero-order chi connectivity index (χ0) is 58.3. The largest absolute Gasteiger partial charge is 0.508 e. The second-order valence-electron chi connectivity index (χ2n) is 21.8. The summed E-state index contributed by atoms with van der Waals surface area (Å²) in [6, 6.07) is -1.13. The third kappa shape index (κ3) is 21.0. The van der Waals surface area contributed by atoms with Gasteiger partial charge in [-0.2, -0.15) is 0 Å². The van der Waals surface area contributed by atoms with E-state index < -0.39 is 132 Å². The number of rotatable bonds is 19. The van der Waals surface area contributed by atoms with E-state index in [0.717, 1.165) is 21.6 Å². The van der Waals surface area contributed by atoms with Crippen molar-refractivity contribution in [1.29, 1.82) is 0 Å². The van der Waals surface area contributed by atoms with E-state index in [1.165, 1.54) is 21.9 Å². The van der Waals surface area contributed by atoms with Gasteiger partial charge < -0.3 is 62.2 Å². The summed E-state index contributed by atoms with van der Waals surface area (Å²) in [4.78, 5) is 144. The van der Waals surface area contributed by atoms with Crippen LogP contribution in [0.25, 0.3) is 0 Å². The van der Waals surface area contributed by atoms with Crippen molar-refractivity contribution >= 4 is 80.3 Å². The molecule has 0 saturated carbocycles. The van der Waals surface area contributed by atoms with Crippen molar-refractivity contribution in [2.75, 3.05) is 64.2 Å². The Labute approximate surface area is 472 Å². The first-order valence-corrected chi connectivity index (χ1v) is 30.2. The average Bonchev–Trinajstić information content (AvgIpc) is 4.14. The van der Waals surface area contributed by atoms with E-state index in [2.05, 4.69) is 21.3 Å². The summed E-state index contributed by atoms with van der Waals surface area (Å²) in [5.41, 5.74) is 11.9. The minimum absolute atomic E-state index is 0.0172. The Hall–Kier alpha value is -5.14. The maximum atomic E-state index is 14.8. The van der Waals surface area contributed by atoms with Crippen molar-refractivity contribution in [2.24, 2.45) is 47.0 Å². The van der Waals surface area contributed by atoms with Gasteiger partial charge in [-0.3, -0.25) is 47.9 Å².